The van der Waals surface area contributed by atoms with Gasteiger partial charge in [0, 0.05) is 19.7 Å². The van der Waals surface area contributed by atoms with Crippen molar-refractivity contribution in [3.63, 3.8) is 0 Å². The van der Waals surface area contributed by atoms with Crippen LogP contribution in [-0.4, -0.2) is 68.1 Å². The number of carbonyl (C=O) groups is 3. The summed E-state index contributed by atoms with van der Waals surface area (Å²) in [5, 5.41) is 2.65. The lowest BCUT2D eigenvalue weighted by atomic mass is 10.0. The van der Waals surface area contributed by atoms with Crippen molar-refractivity contribution in [2.75, 3.05) is 25.5 Å². The topological polar surface area (TPSA) is 116 Å². The molecule has 2 amide bonds. The van der Waals surface area contributed by atoms with E-state index in [1.54, 1.807) is 23.2 Å². The lowest BCUT2D eigenvalue weighted by Gasteiger charge is -2.40. The first kappa shape index (κ1) is 42.5. The molecule has 0 aliphatic heterocycles. The molecule has 1 aromatic heterocycles. The quantitative estimate of drug-likeness (QED) is 0.104. The van der Waals surface area contributed by atoms with E-state index < -0.39 is 32.1 Å². The molecule has 2 aromatic carbocycles. The minimum absolute atomic E-state index is 0.0743. The third-order valence-electron chi connectivity index (χ3n) is 10.2. The van der Waals surface area contributed by atoms with Gasteiger partial charge in [0.25, 0.3) is 0 Å². The predicted molar refractivity (Wildman–Crippen MR) is 216 cm³/mol. The first-order valence-electron chi connectivity index (χ1n) is 19.2. The van der Waals surface area contributed by atoms with E-state index in [0.717, 1.165) is 47.9 Å². The average molecular weight is 760 g/mol. The summed E-state index contributed by atoms with van der Waals surface area (Å²) in [5.74, 6) is 0.393. The maximum atomic E-state index is 13.8. The molecule has 0 spiro atoms. The van der Waals surface area contributed by atoms with E-state index in [4.69, 9.17) is 18.6 Å². The van der Waals surface area contributed by atoms with Crippen LogP contribution in [0, 0.1) is 0 Å². The Morgan fingerprint density at radius 2 is 1.56 bits per heavy atom. The average Bonchev–Trinajstić information content (AvgIpc) is 3.37. The molecule has 1 heterocycles. The summed E-state index contributed by atoms with van der Waals surface area (Å²) < 4.78 is 24.4. The maximum absolute atomic E-state index is 13.8. The first-order valence-corrected chi connectivity index (χ1v) is 22.1. The number of hydrogen-bond donors (Lipinski definition) is 1. The highest BCUT2D eigenvalue weighted by Gasteiger charge is 2.40. The zero-order valence-electron chi connectivity index (χ0n) is 34.0. The highest BCUT2D eigenvalue weighted by Crippen LogP contribution is 2.40. The van der Waals surface area contributed by atoms with Gasteiger partial charge in [-0.25, -0.2) is 14.6 Å². The number of carbonyl (C=O) groups excluding carboxylic acids is 3. The van der Waals surface area contributed by atoms with Gasteiger partial charge in [0.2, 0.25) is 5.91 Å². The van der Waals surface area contributed by atoms with Crippen LogP contribution < -0.4 is 10.1 Å². The van der Waals surface area contributed by atoms with Crippen molar-refractivity contribution in [2.24, 2.45) is 0 Å². The number of ether oxygens (including phenoxy) is 3. The number of nitrogens with one attached hydrogen (secondary N) is 1. The van der Waals surface area contributed by atoms with Crippen molar-refractivity contribution in [1.82, 2.24) is 9.88 Å². The highest BCUT2D eigenvalue weighted by molar-refractivity contribution is 6.74. The smallest absolute Gasteiger partial charge is 0.410 e. The minimum atomic E-state index is -2.31. The molecule has 1 aliphatic rings. The molecule has 4 rings (SSSR count). The number of esters is 1. The number of amides is 2. The Balaban J connectivity index is 1.57. The Morgan fingerprint density at radius 3 is 2.11 bits per heavy atom. The van der Waals surface area contributed by atoms with Crippen LogP contribution in [-0.2, 0) is 25.1 Å². The van der Waals surface area contributed by atoms with E-state index in [2.05, 4.69) is 68.4 Å². The highest BCUT2D eigenvalue weighted by atomic mass is 28.4. The van der Waals surface area contributed by atoms with Gasteiger partial charge in [0.1, 0.15) is 22.7 Å². The van der Waals surface area contributed by atoms with Crippen molar-refractivity contribution in [3.8, 4) is 16.9 Å². The third kappa shape index (κ3) is 12.4. The standard InChI is InChI=1S/C43H61N3O7Si/c1-30(47)45-39-24-22-34(28-44-39)38(53-54(9,10)43(5,6)7)29-46(41(49)52-42(2,3)4)26-25-31-17-19-32(20-18-31)33-21-23-36(40(48)50-8)37(27-33)51-35-15-13-11-12-14-16-35/h17-24,27-28,35,38H,11-16,25-26,29H2,1-10H3,(H,44,45,47)/t38-/m0/s1. The van der Waals surface area contributed by atoms with Crippen molar-refractivity contribution in [1.29, 1.82) is 0 Å². The van der Waals surface area contributed by atoms with Crippen molar-refractivity contribution in [3.05, 3.63) is 77.5 Å². The van der Waals surface area contributed by atoms with Crippen molar-refractivity contribution >= 4 is 32.1 Å². The zero-order valence-corrected chi connectivity index (χ0v) is 35.0. The Morgan fingerprint density at radius 1 is 0.907 bits per heavy atom. The number of aromatic nitrogens is 1. The molecule has 11 heteroatoms. The van der Waals surface area contributed by atoms with E-state index in [1.807, 2.05) is 39.0 Å². The van der Waals surface area contributed by atoms with Gasteiger partial charge in [-0.2, -0.15) is 0 Å². The van der Waals surface area contributed by atoms with E-state index in [9.17, 15) is 14.4 Å². The lowest BCUT2D eigenvalue weighted by Crippen LogP contribution is -2.46. The molecule has 1 fully saturated rings. The molecule has 1 atom stereocenters. The number of hydrogen-bond acceptors (Lipinski definition) is 8. The molecule has 0 bridgehead atoms. The first-order chi connectivity index (χ1) is 25.3. The number of methoxy groups -OCH3 is 1. The maximum Gasteiger partial charge on any atom is 0.410 e. The Kier molecular flexibility index (Phi) is 14.5. The summed E-state index contributed by atoms with van der Waals surface area (Å²) in [6, 6.07) is 17.5. The summed E-state index contributed by atoms with van der Waals surface area (Å²) in [4.78, 5) is 44.2. The van der Waals surface area contributed by atoms with Crippen LogP contribution >= 0.6 is 0 Å². The number of nitrogens with zero attached hydrogens (tertiary/aromatic N) is 2. The second-order valence-corrected chi connectivity index (χ2v) is 21.6. The fourth-order valence-electron chi connectivity index (χ4n) is 6.12. The molecule has 10 nitrogen and oxygen atoms in total. The van der Waals surface area contributed by atoms with Crippen molar-refractivity contribution in [2.45, 2.75) is 129 Å². The van der Waals surface area contributed by atoms with Crippen LogP contribution in [0.5, 0.6) is 5.75 Å². The normalized spacial score (nSPS) is 14.8. The Labute approximate surface area is 323 Å². The van der Waals surface area contributed by atoms with Crippen LogP contribution in [0.25, 0.3) is 11.1 Å². The van der Waals surface area contributed by atoms with E-state index in [0.29, 0.717) is 30.1 Å². The summed E-state index contributed by atoms with van der Waals surface area (Å²) in [7, 11) is -0.918. The van der Waals surface area contributed by atoms with Gasteiger partial charge in [-0.15, -0.1) is 0 Å². The molecule has 54 heavy (non-hydrogen) atoms. The molecule has 1 aliphatic carbocycles. The molecule has 294 valence electrons. The van der Waals surface area contributed by atoms with Gasteiger partial charge in [0.05, 0.1) is 25.9 Å². The zero-order chi connectivity index (χ0) is 39.7. The predicted octanol–water partition coefficient (Wildman–Crippen LogP) is 10.1. The second-order valence-electron chi connectivity index (χ2n) is 16.8. The van der Waals surface area contributed by atoms with E-state index in [-0.39, 0.29) is 23.6 Å². The van der Waals surface area contributed by atoms with Crippen LogP contribution in [0.4, 0.5) is 10.6 Å². The van der Waals surface area contributed by atoms with Crippen LogP contribution in [0.2, 0.25) is 18.1 Å². The SMILES string of the molecule is COC(=O)c1ccc(-c2ccc(CCN(C[C@H](O[Si](C)(C)C(C)(C)C)c3ccc(NC(C)=O)nc3)C(=O)OC(C)(C)C)cc2)cc1OC1CCCCCC1. The largest absolute Gasteiger partial charge is 0.490 e. The molecule has 1 saturated carbocycles. The number of pyridine rings is 1. The van der Waals surface area contributed by atoms with Gasteiger partial charge >= 0.3 is 12.1 Å². The van der Waals surface area contributed by atoms with Gasteiger partial charge in [-0.1, -0.05) is 70.0 Å². The summed E-state index contributed by atoms with van der Waals surface area (Å²) >= 11 is 0. The fourth-order valence-corrected chi connectivity index (χ4v) is 7.40. The Bertz CT molecular complexity index is 1700. The molecule has 0 saturated heterocycles. The number of rotatable bonds is 13. The van der Waals surface area contributed by atoms with Gasteiger partial charge in [-0.3, -0.25) is 4.79 Å². The van der Waals surface area contributed by atoms with Gasteiger partial charge < -0.3 is 28.9 Å². The molecule has 0 radical (unpaired) electrons. The molecular weight excluding hydrogens is 699 g/mol. The molecule has 0 unspecified atom stereocenters. The third-order valence-corrected chi connectivity index (χ3v) is 14.7. The van der Waals surface area contributed by atoms with Crippen LogP contribution in [0.15, 0.2) is 60.8 Å². The summed E-state index contributed by atoms with van der Waals surface area (Å²) in [5.41, 5.74) is 3.54. The molecular formula is C43H61N3O7Si. The lowest BCUT2D eigenvalue weighted by molar-refractivity contribution is -0.114. The Hall–Kier alpha value is -4.22. The molecule has 3 aromatic rings. The van der Waals surface area contributed by atoms with Crippen LogP contribution in [0.1, 0.15) is 115 Å². The second kappa shape index (κ2) is 18.4. The van der Waals surface area contributed by atoms with Crippen LogP contribution in [0.3, 0.4) is 0 Å². The monoisotopic (exact) mass is 759 g/mol. The summed E-state index contributed by atoms with van der Waals surface area (Å²) in [6.07, 6.45) is 8.11. The fraction of sp³-hybridized carbons (Fsp3) is 0.535. The van der Waals surface area contributed by atoms with E-state index >= 15 is 0 Å². The number of benzene rings is 2. The molecule has 1 N–H and O–H groups in total. The van der Waals surface area contributed by atoms with Crippen molar-refractivity contribution < 1.29 is 33.0 Å². The number of anilines is 1. The van der Waals surface area contributed by atoms with E-state index in [1.165, 1.54) is 26.9 Å². The minimum Gasteiger partial charge on any atom is -0.490 e. The van der Waals surface area contributed by atoms with Gasteiger partial charge in [0.15, 0.2) is 8.32 Å². The van der Waals surface area contributed by atoms with Gasteiger partial charge in [-0.05, 0) is 111 Å². The summed E-state index contributed by atoms with van der Waals surface area (Å²) in [6.45, 7) is 18.6.